The van der Waals surface area contributed by atoms with Gasteiger partial charge in [-0.15, -0.1) is 0 Å². The molecule has 33 heavy (non-hydrogen) atoms. The van der Waals surface area contributed by atoms with Crippen molar-refractivity contribution in [1.82, 2.24) is 19.5 Å². The number of nitrogens with one attached hydrogen (secondary N) is 1. The fourth-order valence-corrected chi connectivity index (χ4v) is 8.02. The first-order chi connectivity index (χ1) is 15.4. The second-order valence-corrected chi connectivity index (χ2v) is 13.4. The molecule has 0 bridgehead atoms. The summed E-state index contributed by atoms with van der Waals surface area (Å²) in [5.74, 6) is -0.702. The Bertz CT molecular complexity index is 1110. The van der Waals surface area contributed by atoms with Crippen molar-refractivity contribution in [2.24, 2.45) is 0 Å². The molecule has 2 aliphatic rings. The topological polar surface area (TPSA) is 200 Å². The SMILES string of the molecule is O=P(O)(O)CP(=O)(O)CC[C@H]1O[C@@H](n2cnc3c(NC4CCCC4)nc(Cl)nc32)[C@@H](O)C1O. The molecule has 0 spiro atoms. The largest absolute Gasteiger partial charge is 0.388 e. The van der Waals surface area contributed by atoms with Gasteiger partial charge in [-0.2, -0.15) is 9.97 Å². The van der Waals surface area contributed by atoms with Gasteiger partial charge in [0.1, 0.15) is 18.1 Å². The minimum Gasteiger partial charge on any atom is -0.388 e. The molecule has 184 valence electrons. The molecule has 1 aliphatic heterocycles. The number of ether oxygens (including phenoxy) is 1. The highest BCUT2D eigenvalue weighted by atomic mass is 35.5. The lowest BCUT2D eigenvalue weighted by Crippen LogP contribution is -2.32. The van der Waals surface area contributed by atoms with Gasteiger partial charge in [0.2, 0.25) is 12.7 Å². The van der Waals surface area contributed by atoms with Crippen molar-refractivity contribution in [2.75, 3.05) is 17.4 Å². The van der Waals surface area contributed by atoms with E-state index in [4.69, 9.17) is 26.1 Å². The first-order valence-electron chi connectivity index (χ1n) is 10.5. The van der Waals surface area contributed by atoms with Crippen LogP contribution in [0.1, 0.15) is 38.3 Å². The Hall–Kier alpha value is -1.14. The van der Waals surface area contributed by atoms with Crippen molar-refractivity contribution in [3.63, 3.8) is 0 Å². The Kier molecular flexibility index (Phi) is 7.18. The Morgan fingerprint density at radius 1 is 1.15 bits per heavy atom. The first-order valence-corrected chi connectivity index (χ1v) is 14.7. The van der Waals surface area contributed by atoms with Gasteiger partial charge >= 0.3 is 7.60 Å². The van der Waals surface area contributed by atoms with Gasteiger partial charge in [0.15, 0.2) is 23.2 Å². The Labute approximate surface area is 193 Å². The molecular formula is C17H26ClN5O8P2. The van der Waals surface area contributed by atoms with Gasteiger partial charge in [0, 0.05) is 12.2 Å². The average molecular weight is 526 g/mol. The molecule has 6 N–H and O–H groups in total. The lowest BCUT2D eigenvalue weighted by atomic mass is 10.1. The maximum Gasteiger partial charge on any atom is 0.335 e. The lowest BCUT2D eigenvalue weighted by molar-refractivity contribution is -0.0354. The fourth-order valence-electron chi connectivity index (χ4n) is 4.33. The van der Waals surface area contributed by atoms with Gasteiger partial charge in [0.25, 0.3) is 0 Å². The summed E-state index contributed by atoms with van der Waals surface area (Å²) in [5, 5.41) is 24.3. The van der Waals surface area contributed by atoms with Crippen molar-refractivity contribution in [3.8, 4) is 0 Å². The van der Waals surface area contributed by atoms with Crippen LogP contribution in [0.5, 0.6) is 0 Å². The highest BCUT2D eigenvalue weighted by molar-refractivity contribution is 7.72. The zero-order valence-corrected chi connectivity index (χ0v) is 20.0. The summed E-state index contributed by atoms with van der Waals surface area (Å²) < 4.78 is 30.3. The number of nitrogens with zero attached hydrogens (tertiary/aromatic N) is 4. The molecule has 13 nitrogen and oxygen atoms in total. The molecule has 4 rings (SSSR count). The number of hydrogen-bond donors (Lipinski definition) is 6. The highest BCUT2D eigenvalue weighted by Gasteiger charge is 2.45. The summed E-state index contributed by atoms with van der Waals surface area (Å²) in [6, 6.07) is 0.242. The van der Waals surface area contributed by atoms with Crippen LogP contribution in [0.2, 0.25) is 5.28 Å². The molecule has 2 aromatic rings. The van der Waals surface area contributed by atoms with E-state index in [1.165, 1.54) is 10.9 Å². The predicted molar refractivity (Wildman–Crippen MR) is 118 cm³/mol. The summed E-state index contributed by atoms with van der Waals surface area (Å²) >= 11 is 6.11. The van der Waals surface area contributed by atoms with Crippen LogP contribution in [0.3, 0.4) is 0 Å². The van der Waals surface area contributed by atoms with Crippen molar-refractivity contribution in [1.29, 1.82) is 0 Å². The number of imidazole rings is 1. The summed E-state index contributed by atoms with van der Waals surface area (Å²) in [7, 11) is -8.85. The van der Waals surface area contributed by atoms with Crippen LogP contribution in [0.25, 0.3) is 11.2 Å². The first kappa shape index (κ1) is 25.0. The Morgan fingerprint density at radius 2 is 1.85 bits per heavy atom. The normalized spacial score (nSPS) is 28.4. The number of halogens is 1. The third-order valence-corrected chi connectivity index (χ3v) is 10.2. The van der Waals surface area contributed by atoms with Gasteiger partial charge in [-0.1, -0.05) is 12.8 Å². The van der Waals surface area contributed by atoms with Crippen LogP contribution in [0.4, 0.5) is 5.82 Å². The molecule has 0 amide bonds. The molecule has 5 atom stereocenters. The van der Waals surface area contributed by atoms with Crippen LogP contribution in [-0.2, 0) is 13.9 Å². The van der Waals surface area contributed by atoms with Crippen molar-refractivity contribution in [2.45, 2.75) is 62.7 Å². The predicted octanol–water partition coefficient (Wildman–Crippen LogP) is 1.25. The van der Waals surface area contributed by atoms with E-state index in [-0.39, 0.29) is 23.4 Å². The van der Waals surface area contributed by atoms with Gasteiger partial charge in [0.05, 0.1) is 12.4 Å². The molecule has 3 heterocycles. The molecule has 2 unspecified atom stereocenters. The van der Waals surface area contributed by atoms with Crippen LogP contribution in [-0.4, -0.2) is 80.8 Å². The second-order valence-electron chi connectivity index (χ2n) is 8.50. The monoisotopic (exact) mass is 525 g/mol. The van der Waals surface area contributed by atoms with Crippen LogP contribution >= 0.6 is 26.6 Å². The number of aromatic nitrogens is 4. The van der Waals surface area contributed by atoms with Gasteiger partial charge in [-0.25, -0.2) is 4.98 Å². The van der Waals surface area contributed by atoms with Crippen LogP contribution in [0.15, 0.2) is 6.33 Å². The number of hydrogen-bond acceptors (Lipinski definition) is 9. The molecule has 1 saturated heterocycles. The fraction of sp³-hybridized carbons (Fsp3) is 0.706. The van der Waals surface area contributed by atoms with Gasteiger partial charge in [-0.3, -0.25) is 13.7 Å². The van der Waals surface area contributed by atoms with E-state index in [9.17, 15) is 24.2 Å². The Balaban J connectivity index is 1.53. The molecule has 16 heteroatoms. The van der Waals surface area contributed by atoms with E-state index in [0.29, 0.717) is 11.3 Å². The summed E-state index contributed by atoms with van der Waals surface area (Å²) in [6.07, 6.45) is -0.0564. The van der Waals surface area contributed by atoms with Crippen molar-refractivity contribution >= 4 is 43.5 Å². The quantitative estimate of drug-likeness (QED) is 0.213. The van der Waals surface area contributed by atoms with E-state index >= 15 is 0 Å². The maximum absolute atomic E-state index is 12.1. The van der Waals surface area contributed by atoms with Crippen molar-refractivity contribution in [3.05, 3.63) is 11.6 Å². The lowest BCUT2D eigenvalue weighted by Gasteiger charge is -2.18. The van der Waals surface area contributed by atoms with E-state index in [1.54, 1.807) is 0 Å². The molecule has 1 aliphatic carbocycles. The van der Waals surface area contributed by atoms with Crippen molar-refractivity contribution < 1.29 is 38.8 Å². The van der Waals surface area contributed by atoms with Crippen LogP contribution < -0.4 is 5.32 Å². The molecule has 2 aromatic heterocycles. The molecule has 1 saturated carbocycles. The Morgan fingerprint density at radius 3 is 2.52 bits per heavy atom. The summed E-state index contributed by atoms with van der Waals surface area (Å²) in [4.78, 5) is 40.5. The average Bonchev–Trinajstić information content (AvgIpc) is 3.40. The number of aliphatic hydroxyl groups excluding tert-OH is 2. The summed E-state index contributed by atoms with van der Waals surface area (Å²) in [5.41, 5.74) is 0.697. The second kappa shape index (κ2) is 9.49. The highest BCUT2D eigenvalue weighted by Crippen LogP contribution is 2.55. The minimum atomic E-state index is -4.69. The van der Waals surface area contributed by atoms with E-state index in [2.05, 4.69) is 20.3 Å². The number of aliphatic hydroxyl groups is 2. The van der Waals surface area contributed by atoms with E-state index in [1.807, 2.05) is 0 Å². The number of fused-ring (bicyclic) bond motifs is 1. The standard InChI is InChI=1S/C17H26ClN5O8P2/c18-17-21-14(20-9-3-1-2-4-9)11-15(22-17)23(7-19-11)16-13(25)12(24)10(31-16)5-6-32(26,27)8-33(28,29)30/h7,9-10,12-13,16,24-25H,1-6,8H2,(H,26,27)(H,20,21,22)(H2,28,29,30)/t10-,12?,13+,16-/m1/s1. The van der Waals surface area contributed by atoms with E-state index in [0.717, 1.165) is 25.7 Å². The maximum atomic E-state index is 12.1. The molecule has 0 aromatic carbocycles. The zero-order chi connectivity index (χ0) is 24.0. The molecular weight excluding hydrogens is 500 g/mol. The minimum absolute atomic E-state index is 0.0343. The van der Waals surface area contributed by atoms with Gasteiger partial charge < -0.3 is 34.9 Å². The molecule has 2 fully saturated rings. The number of rotatable bonds is 8. The third-order valence-electron chi connectivity index (χ3n) is 5.87. The van der Waals surface area contributed by atoms with Gasteiger partial charge in [-0.05, 0) is 30.9 Å². The number of anilines is 1. The van der Waals surface area contributed by atoms with Crippen LogP contribution in [0, 0.1) is 0 Å². The van der Waals surface area contributed by atoms with E-state index < -0.39 is 51.6 Å². The third kappa shape index (κ3) is 5.75. The molecule has 0 radical (unpaired) electrons. The summed E-state index contributed by atoms with van der Waals surface area (Å²) in [6.45, 7) is 0. The zero-order valence-electron chi connectivity index (χ0n) is 17.4. The smallest absolute Gasteiger partial charge is 0.335 e.